The number of nitrogens with zero attached hydrogens (tertiary/aromatic N) is 1. The van der Waals surface area contributed by atoms with E-state index in [9.17, 15) is 9.59 Å². The van der Waals surface area contributed by atoms with Gasteiger partial charge in [-0.15, -0.1) is 0 Å². The molecule has 5 nitrogen and oxygen atoms in total. The molecule has 1 aliphatic heterocycles. The van der Waals surface area contributed by atoms with Gasteiger partial charge in [0.25, 0.3) is 0 Å². The van der Waals surface area contributed by atoms with Crippen LogP contribution in [-0.2, 0) is 22.4 Å². The molecule has 1 heterocycles. The summed E-state index contributed by atoms with van der Waals surface area (Å²) in [7, 11) is 1.92. The van der Waals surface area contributed by atoms with Crippen LogP contribution in [0.25, 0.3) is 0 Å². The maximum absolute atomic E-state index is 11.9. The lowest BCUT2D eigenvalue weighted by molar-refractivity contribution is -0.122. The zero-order valence-corrected chi connectivity index (χ0v) is 11.1. The number of nitrogens with two attached hydrogens (primary N) is 1. The number of likely N-dealkylation sites (N-methyl/N-ethyl adjacent to an activating group) is 1. The predicted octanol–water partition coefficient (Wildman–Crippen LogP) is 0.213. The quantitative estimate of drug-likeness (QED) is 0.795. The summed E-state index contributed by atoms with van der Waals surface area (Å²) in [4.78, 5) is 24.4. The molecule has 0 bridgehead atoms. The van der Waals surface area contributed by atoms with Crippen molar-refractivity contribution in [1.29, 1.82) is 0 Å². The van der Waals surface area contributed by atoms with E-state index in [2.05, 4.69) is 11.4 Å². The number of hydrogen-bond donors (Lipinski definition) is 2. The second-order valence-electron chi connectivity index (χ2n) is 4.76. The molecule has 3 N–H and O–H groups in total. The summed E-state index contributed by atoms with van der Waals surface area (Å²) < 4.78 is 0. The van der Waals surface area contributed by atoms with Crippen LogP contribution in [0.15, 0.2) is 18.2 Å². The van der Waals surface area contributed by atoms with E-state index in [4.69, 9.17) is 5.73 Å². The lowest BCUT2D eigenvalue weighted by Crippen LogP contribution is -2.41. The average molecular weight is 261 g/mol. The lowest BCUT2D eigenvalue weighted by atomic mass is 9.97. The maximum Gasteiger partial charge on any atom is 0.237 e. The van der Waals surface area contributed by atoms with E-state index in [0.29, 0.717) is 6.42 Å². The fourth-order valence-electron chi connectivity index (χ4n) is 2.37. The maximum atomic E-state index is 11.9. The summed E-state index contributed by atoms with van der Waals surface area (Å²) in [6.45, 7) is 0.879. The van der Waals surface area contributed by atoms with Gasteiger partial charge in [0.2, 0.25) is 11.8 Å². The molecule has 0 radical (unpaired) electrons. The van der Waals surface area contributed by atoms with Crippen molar-refractivity contribution in [2.24, 2.45) is 5.73 Å². The molecule has 0 aliphatic carbocycles. The SMILES string of the molecule is CNCCc1ccc2c(c1)CCC(=O)N2CC(N)=O. The molecule has 0 saturated carbocycles. The normalized spacial score (nSPS) is 14.4. The molecule has 0 unspecified atom stereocenters. The van der Waals surface area contributed by atoms with Gasteiger partial charge >= 0.3 is 0 Å². The zero-order valence-electron chi connectivity index (χ0n) is 11.1. The van der Waals surface area contributed by atoms with E-state index in [1.54, 1.807) is 0 Å². The van der Waals surface area contributed by atoms with Crippen molar-refractivity contribution in [3.05, 3.63) is 29.3 Å². The Morgan fingerprint density at radius 3 is 2.89 bits per heavy atom. The molecule has 0 atom stereocenters. The van der Waals surface area contributed by atoms with Gasteiger partial charge in [-0.05, 0) is 43.6 Å². The van der Waals surface area contributed by atoms with Crippen molar-refractivity contribution in [1.82, 2.24) is 5.32 Å². The molecule has 1 aromatic rings. The number of hydrogen-bond acceptors (Lipinski definition) is 3. The molecule has 102 valence electrons. The van der Waals surface area contributed by atoms with Gasteiger partial charge in [0.15, 0.2) is 0 Å². The van der Waals surface area contributed by atoms with E-state index < -0.39 is 5.91 Å². The van der Waals surface area contributed by atoms with Crippen LogP contribution in [0.5, 0.6) is 0 Å². The van der Waals surface area contributed by atoms with Crippen molar-refractivity contribution >= 4 is 17.5 Å². The van der Waals surface area contributed by atoms with E-state index in [-0.39, 0.29) is 12.5 Å². The standard InChI is InChI=1S/C14H19N3O2/c1-16-7-6-10-2-4-12-11(8-10)3-5-14(19)17(12)9-13(15)18/h2,4,8,16H,3,5-7,9H2,1H3,(H2,15,18). The number of anilines is 1. The van der Waals surface area contributed by atoms with Gasteiger partial charge < -0.3 is 16.0 Å². The van der Waals surface area contributed by atoms with E-state index in [1.807, 2.05) is 19.2 Å². The van der Waals surface area contributed by atoms with E-state index >= 15 is 0 Å². The molecule has 19 heavy (non-hydrogen) atoms. The highest BCUT2D eigenvalue weighted by atomic mass is 16.2. The number of carbonyl (C=O) groups is 2. The highest BCUT2D eigenvalue weighted by Gasteiger charge is 2.25. The van der Waals surface area contributed by atoms with Crippen LogP contribution in [0.3, 0.4) is 0 Å². The average Bonchev–Trinajstić information content (AvgIpc) is 2.39. The molecule has 2 rings (SSSR count). The lowest BCUT2D eigenvalue weighted by Gasteiger charge is -2.28. The Morgan fingerprint density at radius 1 is 1.42 bits per heavy atom. The predicted molar refractivity (Wildman–Crippen MR) is 73.9 cm³/mol. The largest absolute Gasteiger partial charge is 0.368 e. The third kappa shape index (κ3) is 3.12. The number of rotatable bonds is 5. The molecule has 1 aliphatic rings. The van der Waals surface area contributed by atoms with Crippen LogP contribution in [0.2, 0.25) is 0 Å². The monoisotopic (exact) mass is 261 g/mol. The number of fused-ring (bicyclic) bond motifs is 1. The third-order valence-corrected chi connectivity index (χ3v) is 3.32. The highest BCUT2D eigenvalue weighted by molar-refractivity contribution is 6.00. The summed E-state index contributed by atoms with van der Waals surface area (Å²) in [5.74, 6) is -0.519. The first kappa shape index (κ1) is 13.5. The topological polar surface area (TPSA) is 75.4 Å². The summed E-state index contributed by atoms with van der Waals surface area (Å²) in [6.07, 6.45) is 2.13. The van der Waals surface area contributed by atoms with Crippen LogP contribution in [0.4, 0.5) is 5.69 Å². The number of nitrogens with one attached hydrogen (secondary N) is 1. The van der Waals surface area contributed by atoms with Crippen molar-refractivity contribution in [3.8, 4) is 0 Å². The Morgan fingerprint density at radius 2 is 2.21 bits per heavy atom. The van der Waals surface area contributed by atoms with Crippen LogP contribution in [-0.4, -0.2) is 32.0 Å². The van der Waals surface area contributed by atoms with Gasteiger partial charge in [-0.3, -0.25) is 9.59 Å². The minimum atomic E-state index is -0.486. The fourth-order valence-corrected chi connectivity index (χ4v) is 2.37. The fraction of sp³-hybridized carbons (Fsp3) is 0.429. The molecular weight excluding hydrogens is 242 g/mol. The van der Waals surface area contributed by atoms with Gasteiger partial charge in [0.1, 0.15) is 6.54 Å². The van der Waals surface area contributed by atoms with Crippen molar-refractivity contribution in [2.75, 3.05) is 25.0 Å². The van der Waals surface area contributed by atoms with Crippen LogP contribution >= 0.6 is 0 Å². The Balaban J connectivity index is 2.25. The first-order chi connectivity index (χ1) is 9.11. The summed E-state index contributed by atoms with van der Waals surface area (Å²) in [5.41, 5.74) is 8.38. The van der Waals surface area contributed by atoms with Crippen molar-refractivity contribution in [2.45, 2.75) is 19.3 Å². The Kier molecular flexibility index (Phi) is 4.16. The molecule has 0 aromatic heterocycles. The van der Waals surface area contributed by atoms with Gasteiger partial charge in [0.05, 0.1) is 0 Å². The number of benzene rings is 1. The molecule has 2 amide bonds. The van der Waals surface area contributed by atoms with E-state index in [0.717, 1.165) is 30.6 Å². The number of amides is 2. The van der Waals surface area contributed by atoms with Gasteiger partial charge in [0, 0.05) is 12.1 Å². The zero-order chi connectivity index (χ0) is 13.8. The number of aryl methyl sites for hydroxylation is 1. The molecule has 0 saturated heterocycles. The van der Waals surface area contributed by atoms with Crippen LogP contribution in [0, 0.1) is 0 Å². The number of primary amides is 1. The third-order valence-electron chi connectivity index (χ3n) is 3.32. The molecular formula is C14H19N3O2. The summed E-state index contributed by atoms with van der Waals surface area (Å²) in [5, 5.41) is 3.11. The number of carbonyl (C=O) groups excluding carboxylic acids is 2. The first-order valence-electron chi connectivity index (χ1n) is 6.47. The molecule has 1 aromatic carbocycles. The van der Waals surface area contributed by atoms with Crippen LogP contribution in [0.1, 0.15) is 17.5 Å². The Bertz CT molecular complexity index is 499. The van der Waals surface area contributed by atoms with E-state index in [1.165, 1.54) is 10.5 Å². The smallest absolute Gasteiger partial charge is 0.237 e. The Labute approximate surface area is 112 Å². The molecule has 5 heteroatoms. The van der Waals surface area contributed by atoms with Gasteiger partial charge in [-0.25, -0.2) is 0 Å². The Hall–Kier alpha value is -1.88. The second-order valence-corrected chi connectivity index (χ2v) is 4.76. The summed E-state index contributed by atoms with van der Waals surface area (Å²) >= 11 is 0. The molecule has 0 spiro atoms. The van der Waals surface area contributed by atoms with Crippen LogP contribution < -0.4 is 16.0 Å². The second kappa shape index (κ2) is 5.84. The van der Waals surface area contributed by atoms with Gasteiger partial charge in [-0.1, -0.05) is 12.1 Å². The summed E-state index contributed by atoms with van der Waals surface area (Å²) in [6, 6.07) is 6.04. The van der Waals surface area contributed by atoms with Crippen molar-refractivity contribution < 1.29 is 9.59 Å². The molecule has 0 fully saturated rings. The minimum absolute atomic E-state index is 0.0331. The highest BCUT2D eigenvalue weighted by Crippen LogP contribution is 2.28. The minimum Gasteiger partial charge on any atom is -0.368 e. The van der Waals surface area contributed by atoms with Gasteiger partial charge in [-0.2, -0.15) is 0 Å². The first-order valence-corrected chi connectivity index (χ1v) is 6.47. The van der Waals surface area contributed by atoms with Crippen molar-refractivity contribution in [3.63, 3.8) is 0 Å².